The van der Waals surface area contributed by atoms with Crippen LogP contribution in [-0.2, 0) is 4.79 Å². The first-order valence-electron chi connectivity index (χ1n) is 8.29. The van der Waals surface area contributed by atoms with Crippen LogP contribution in [0.25, 0.3) is 0 Å². The second-order valence-corrected chi connectivity index (χ2v) is 6.37. The molecular weight excluding hydrogens is 290 g/mol. The van der Waals surface area contributed by atoms with Gasteiger partial charge < -0.3 is 9.80 Å². The number of hydrogen-bond donors (Lipinski definition) is 0. The third-order valence-corrected chi connectivity index (χ3v) is 4.76. The molecule has 1 aromatic rings. The standard InChI is InChI=1S/C18H23N3O2/c1-2-3-6-17(22)21-12-14-7-8-16(21)13-20(11-14)18(23)15-5-4-9-19-10-15/h2-5,9-10,14,16H,6-8,11-13H2,1H3/b3-2+/t14-,16+/m0/s1. The van der Waals surface area contributed by atoms with Gasteiger partial charge in [-0.15, -0.1) is 0 Å². The van der Waals surface area contributed by atoms with E-state index in [1.165, 1.54) is 0 Å². The Hall–Kier alpha value is -2.17. The first kappa shape index (κ1) is 15.7. The van der Waals surface area contributed by atoms with E-state index in [2.05, 4.69) is 4.98 Å². The molecule has 2 amide bonds. The van der Waals surface area contributed by atoms with Crippen molar-refractivity contribution in [3.63, 3.8) is 0 Å². The van der Waals surface area contributed by atoms with E-state index in [0.29, 0.717) is 24.4 Å². The molecule has 122 valence electrons. The number of carbonyl (C=O) groups is 2. The van der Waals surface area contributed by atoms with Gasteiger partial charge in [0.05, 0.1) is 5.56 Å². The molecule has 2 atom stereocenters. The molecule has 0 unspecified atom stereocenters. The fourth-order valence-corrected chi connectivity index (χ4v) is 3.56. The number of nitrogens with zero attached hydrogens (tertiary/aromatic N) is 3. The Kier molecular flexibility index (Phi) is 4.74. The molecule has 4 rings (SSSR count). The van der Waals surface area contributed by atoms with Crippen molar-refractivity contribution in [2.75, 3.05) is 19.6 Å². The van der Waals surface area contributed by atoms with Crippen molar-refractivity contribution < 1.29 is 9.59 Å². The fourth-order valence-electron chi connectivity index (χ4n) is 3.56. The maximum absolute atomic E-state index is 12.7. The summed E-state index contributed by atoms with van der Waals surface area (Å²) in [7, 11) is 0. The Morgan fingerprint density at radius 2 is 2.17 bits per heavy atom. The highest BCUT2D eigenvalue weighted by atomic mass is 16.2. The molecule has 0 saturated carbocycles. The van der Waals surface area contributed by atoms with Crippen molar-refractivity contribution in [2.24, 2.45) is 5.92 Å². The Labute approximate surface area is 137 Å². The predicted molar refractivity (Wildman–Crippen MR) is 87.8 cm³/mol. The second kappa shape index (κ2) is 6.94. The molecule has 0 aliphatic carbocycles. The second-order valence-electron chi connectivity index (χ2n) is 6.37. The minimum absolute atomic E-state index is 0.0257. The monoisotopic (exact) mass is 313 g/mol. The molecule has 2 bridgehead atoms. The zero-order valence-electron chi connectivity index (χ0n) is 13.5. The number of piperidine rings is 1. The molecule has 3 aliphatic rings. The van der Waals surface area contributed by atoms with Gasteiger partial charge in [0.15, 0.2) is 0 Å². The molecule has 5 nitrogen and oxygen atoms in total. The number of carbonyl (C=O) groups excluding carboxylic acids is 2. The lowest BCUT2D eigenvalue weighted by Crippen LogP contribution is -2.47. The van der Waals surface area contributed by atoms with Gasteiger partial charge in [0.1, 0.15) is 0 Å². The average Bonchev–Trinajstić information content (AvgIpc) is 2.91. The largest absolute Gasteiger partial charge is 0.337 e. The quantitative estimate of drug-likeness (QED) is 0.803. The highest BCUT2D eigenvalue weighted by Crippen LogP contribution is 2.29. The van der Waals surface area contributed by atoms with E-state index in [1.807, 2.05) is 28.9 Å². The van der Waals surface area contributed by atoms with E-state index in [1.54, 1.807) is 24.5 Å². The van der Waals surface area contributed by atoms with Crippen LogP contribution in [0.1, 0.15) is 36.5 Å². The van der Waals surface area contributed by atoms with Crippen LogP contribution < -0.4 is 0 Å². The van der Waals surface area contributed by atoms with Crippen molar-refractivity contribution in [2.45, 2.75) is 32.2 Å². The minimum Gasteiger partial charge on any atom is -0.337 e. The summed E-state index contributed by atoms with van der Waals surface area (Å²) in [6.45, 7) is 4.07. The van der Waals surface area contributed by atoms with Crippen LogP contribution in [0.5, 0.6) is 0 Å². The first-order valence-corrected chi connectivity index (χ1v) is 8.29. The number of hydrogen-bond acceptors (Lipinski definition) is 3. The van der Waals surface area contributed by atoms with Crippen LogP contribution in [0.2, 0.25) is 0 Å². The number of fused-ring (bicyclic) bond motifs is 4. The highest BCUT2D eigenvalue weighted by molar-refractivity contribution is 5.94. The van der Waals surface area contributed by atoms with Crippen molar-refractivity contribution >= 4 is 11.8 Å². The summed E-state index contributed by atoms with van der Waals surface area (Å²) in [5.74, 6) is 0.579. The normalized spacial score (nSPS) is 24.0. The first-order chi connectivity index (χ1) is 11.2. The summed E-state index contributed by atoms with van der Waals surface area (Å²) >= 11 is 0. The Morgan fingerprint density at radius 1 is 1.30 bits per heavy atom. The molecule has 0 N–H and O–H groups in total. The van der Waals surface area contributed by atoms with Gasteiger partial charge in [0.25, 0.3) is 5.91 Å². The van der Waals surface area contributed by atoms with Crippen LogP contribution in [0.15, 0.2) is 36.7 Å². The molecule has 3 fully saturated rings. The van der Waals surface area contributed by atoms with Crippen molar-refractivity contribution in [1.29, 1.82) is 0 Å². The van der Waals surface area contributed by atoms with Crippen LogP contribution in [0, 0.1) is 5.92 Å². The molecule has 23 heavy (non-hydrogen) atoms. The van der Waals surface area contributed by atoms with Gasteiger partial charge in [-0.25, -0.2) is 0 Å². The van der Waals surface area contributed by atoms with Crippen molar-refractivity contribution in [3.8, 4) is 0 Å². The molecule has 4 heterocycles. The third kappa shape index (κ3) is 3.44. The summed E-state index contributed by atoms with van der Waals surface area (Å²) in [6, 6.07) is 3.73. The van der Waals surface area contributed by atoms with E-state index < -0.39 is 0 Å². The summed E-state index contributed by atoms with van der Waals surface area (Å²) in [6.07, 6.45) is 9.63. The fraction of sp³-hybridized carbons (Fsp3) is 0.500. The van der Waals surface area contributed by atoms with E-state index in [0.717, 1.165) is 25.9 Å². The summed E-state index contributed by atoms with van der Waals surface area (Å²) in [4.78, 5) is 33.0. The molecule has 0 aromatic carbocycles. The van der Waals surface area contributed by atoms with Gasteiger partial charge in [-0.1, -0.05) is 12.2 Å². The SMILES string of the molecule is C/C=C/CC(=O)N1C[C@H]2CC[C@@H]1CN(C(=O)c1cccnc1)C2. The lowest BCUT2D eigenvalue weighted by Gasteiger charge is -2.36. The smallest absolute Gasteiger partial charge is 0.255 e. The van der Waals surface area contributed by atoms with Crippen LogP contribution in [-0.4, -0.2) is 52.3 Å². The summed E-state index contributed by atoms with van der Waals surface area (Å²) in [5.41, 5.74) is 0.626. The molecule has 3 aliphatic heterocycles. The van der Waals surface area contributed by atoms with Crippen molar-refractivity contribution in [3.05, 3.63) is 42.2 Å². The molecule has 0 spiro atoms. The maximum atomic E-state index is 12.7. The number of amides is 2. The Bertz CT molecular complexity index is 600. The average molecular weight is 313 g/mol. The molecule has 3 saturated heterocycles. The number of pyridine rings is 1. The van der Waals surface area contributed by atoms with Gasteiger partial charge in [-0.05, 0) is 37.8 Å². The minimum atomic E-state index is 0.0257. The van der Waals surface area contributed by atoms with Crippen LogP contribution in [0.4, 0.5) is 0 Å². The lowest BCUT2D eigenvalue weighted by molar-refractivity contribution is -0.134. The topological polar surface area (TPSA) is 53.5 Å². The van der Waals surface area contributed by atoms with E-state index in [4.69, 9.17) is 0 Å². The molecular formula is C18H23N3O2. The van der Waals surface area contributed by atoms with E-state index in [9.17, 15) is 9.59 Å². The Morgan fingerprint density at radius 3 is 2.91 bits per heavy atom. The molecule has 0 radical (unpaired) electrons. The maximum Gasteiger partial charge on any atom is 0.255 e. The van der Waals surface area contributed by atoms with Gasteiger partial charge in [0.2, 0.25) is 5.91 Å². The predicted octanol–water partition coefficient (Wildman–Crippen LogP) is 2.11. The van der Waals surface area contributed by atoms with Gasteiger partial charge in [0, 0.05) is 44.5 Å². The highest BCUT2D eigenvalue weighted by Gasteiger charge is 2.38. The third-order valence-electron chi connectivity index (χ3n) is 4.76. The number of allylic oxidation sites excluding steroid dienone is 1. The van der Waals surface area contributed by atoms with Gasteiger partial charge >= 0.3 is 0 Å². The van der Waals surface area contributed by atoms with Gasteiger partial charge in [-0.3, -0.25) is 14.6 Å². The molecule has 1 aromatic heterocycles. The number of rotatable bonds is 3. The summed E-state index contributed by atoms with van der Waals surface area (Å²) < 4.78 is 0. The zero-order valence-corrected chi connectivity index (χ0v) is 13.5. The van der Waals surface area contributed by atoms with Gasteiger partial charge in [-0.2, -0.15) is 0 Å². The van der Waals surface area contributed by atoms with Crippen LogP contribution >= 0.6 is 0 Å². The van der Waals surface area contributed by atoms with Crippen LogP contribution in [0.3, 0.4) is 0 Å². The Balaban J connectivity index is 1.73. The van der Waals surface area contributed by atoms with E-state index >= 15 is 0 Å². The summed E-state index contributed by atoms with van der Waals surface area (Å²) in [5, 5.41) is 0. The van der Waals surface area contributed by atoms with Crippen molar-refractivity contribution in [1.82, 2.24) is 14.8 Å². The van der Waals surface area contributed by atoms with E-state index in [-0.39, 0.29) is 17.9 Å². The number of aromatic nitrogens is 1. The lowest BCUT2D eigenvalue weighted by atomic mass is 9.94. The molecule has 5 heteroatoms. The zero-order chi connectivity index (χ0) is 16.2.